The normalized spacial score (nSPS) is 18.8. The Balaban J connectivity index is 2.10. The number of β-amino-alcohol motifs (C(OH)–C–C–N with tert-alkyl or cyclic N) is 1. The van der Waals surface area contributed by atoms with Crippen molar-refractivity contribution in [2.45, 2.75) is 12.4 Å². The Labute approximate surface area is 133 Å². The lowest BCUT2D eigenvalue weighted by atomic mass is 10.0. The van der Waals surface area contributed by atoms with Gasteiger partial charge in [-0.3, -0.25) is 0 Å². The molecule has 2 aromatic heterocycles. The van der Waals surface area contributed by atoms with Crippen LogP contribution in [0.4, 0.5) is 23.8 Å². The van der Waals surface area contributed by atoms with Crippen molar-refractivity contribution in [2.24, 2.45) is 0 Å². The maximum atomic E-state index is 13.4. The highest BCUT2D eigenvalue weighted by molar-refractivity contribution is 7.08. The van der Waals surface area contributed by atoms with Crippen LogP contribution in [0, 0.1) is 0 Å². The molecular weight excluding hydrogens is 331 g/mol. The van der Waals surface area contributed by atoms with Gasteiger partial charge in [0.1, 0.15) is 5.82 Å². The van der Waals surface area contributed by atoms with Crippen LogP contribution in [-0.2, 0) is 6.18 Å². The Morgan fingerprint density at radius 3 is 2.70 bits per heavy atom. The first-order chi connectivity index (χ1) is 10.8. The molecule has 1 aliphatic heterocycles. The average Bonchev–Trinajstić information content (AvgIpc) is 3.07. The number of hydrogen-bond donors (Lipinski definition) is 1. The number of carbonyl (C=O) groups excluding carboxylic acids is 1. The molecule has 0 bridgehead atoms. The van der Waals surface area contributed by atoms with Crippen LogP contribution < -0.4 is 4.90 Å². The minimum absolute atomic E-state index is 0.00808. The first-order valence-electron chi connectivity index (χ1n) is 6.61. The van der Waals surface area contributed by atoms with E-state index >= 15 is 0 Å². The van der Waals surface area contributed by atoms with Gasteiger partial charge in [-0.05, 0) is 28.5 Å². The van der Waals surface area contributed by atoms with Gasteiger partial charge in [-0.25, -0.2) is 14.7 Å². The first kappa shape index (κ1) is 15.8. The third-order valence-corrected chi connectivity index (χ3v) is 4.22. The highest BCUT2D eigenvalue weighted by atomic mass is 32.1. The zero-order chi connectivity index (χ0) is 16.8. The molecule has 1 saturated heterocycles. The number of halogens is 3. The number of alkyl halides is 3. The minimum Gasteiger partial charge on any atom is -0.371 e. The van der Waals surface area contributed by atoms with Gasteiger partial charge >= 0.3 is 12.2 Å². The summed E-state index contributed by atoms with van der Waals surface area (Å²) in [6, 6.07) is 1.77. The van der Waals surface area contributed by atoms with Crippen LogP contribution in [0.25, 0.3) is 11.1 Å². The highest BCUT2D eigenvalue weighted by Crippen LogP contribution is 2.39. The van der Waals surface area contributed by atoms with E-state index in [1.807, 2.05) is 0 Å². The quantitative estimate of drug-likeness (QED) is 0.912. The summed E-state index contributed by atoms with van der Waals surface area (Å²) in [4.78, 5) is 18.0. The number of thiophene rings is 1. The Morgan fingerprint density at radius 2 is 2.17 bits per heavy atom. The third-order valence-electron chi connectivity index (χ3n) is 3.54. The fourth-order valence-electron chi connectivity index (χ4n) is 2.43. The van der Waals surface area contributed by atoms with E-state index in [0.717, 1.165) is 17.2 Å². The molecule has 122 valence electrons. The SMILES string of the molecule is CN1CC(O)N(c2cc(C(F)(F)F)c(-c3ccsc3)cn2)C1=O. The number of aliphatic hydroxyl groups excluding tert-OH is 1. The van der Waals surface area contributed by atoms with E-state index in [9.17, 15) is 23.1 Å². The van der Waals surface area contributed by atoms with E-state index in [1.165, 1.54) is 23.3 Å². The van der Waals surface area contributed by atoms with E-state index in [2.05, 4.69) is 4.98 Å². The molecule has 0 spiro atoms. The molecule has 1 N–H and O–H groups in total. The van der Waals surface area contributed by atoms with Crippen molar-refractivity contribution in [1.29, 1.82) is 0 Å². The van der Waals surface area contributed by atoms with Crippen molar-refractivity contribution >= 4 is 23.2 Å². The summed E-state index contributed by atoms with van der Waals surface area (Å²) in [7, 11) is 1.45. The third kappa shape index (κ3) is 2.77. The lowest BCUT2D eigenvalue weighted by Crippen LogP contribution is -2.35. The van der Waals surface area contributed by atoms with Gasteiger partial charge in [0.2, 0.25) is 0 Å². The molecule has 1 fully saturated rings. The second kappa shape index (κ2) is 5.50. The van der Waals surface area contributed by atoms with Crippen molar-refractivity contribution in [3.8, 4) is 11.1 Å². The fourth-order valence-corrected chi connectivity index (χ4v) is 3.08. The summed E-state index contributed by atoms with van der Waals surface area (Å²) in [5.74, 6) is -0.224. The summed E-state index contributed by atoms with van der Waals surface area (Å²) < 4.78 is 40.1. The van der Waals surface area contributed by atoms with Crippen LogP contribution in [0.2, 0.25) is 0 Å². The smallest absolute Gasteiger partial charge is 0.371 e. The summed E-state index contributed by atoms with van der Waals surface area (Å²) >= 11 is 1.28. The summed E-state index contributed by atoms with van der Waals surface area (Å²) in [6.07, 6.45) is -4.75. The zero-order valence-electron chi connectivity index (χ0n) is 11.9. The van der Waals surface area contributed by atoms with Gasteiger partial charge in [0, 0.05) is 18.8 Å². The first-order valence-corrected chi connectivity index (χ1v) is 7.55. The van der Waals surface area contributed by atoms with Crippen molar-refractivity contribution in [2.75, 3.05) is 18.5 Å². The Hall–Kier alpha value is -2.13. The van der Waals surface area contributed by atoms with Gasteiger partial charge in [0.15, 0.2) is 6.23 Å². The van der Waals surface area contributed by atoms with Crippen LogP contribution in [0.15, 0.2) is 29.1 Å². The second-order valence-electron chi connectivity index (χ2n) is 5.11. The molecule has 5 nitrogen and oxygen atoms in total. The van der Waals surface area contributed by atoms with E-state index in [-0.39, 0.29) is 17.9 Å². The number of amides is 2. The average molecular weight is 343 g/mol. The molecule has 0 radical (unpaired) electrons. The van der Waals surface area contributed by atoms with Crippen LogP contribution >= 0.6 is 11.3 Å². The number of likely N-dealkylation sites (N-methyl/N-ethyl adjacent to an activating group) is 1. The van der Waals surface area contributed by atoms with Gasteiger partial charge < -0.3 is 10.0 Å². The maximum absolute atomic E-state index is 13.4. The molecule has 3 rings (SSSR count). The number of hydrogen-bond acceptors (Lipinski definition) is 4. The lowest BCUT2D eigenvalue weighted by molar-refractivity contribution is -0.137. The number of anilines is 1. The molecule has 9 heteroatoms. The minimum atomic E-state index is -4.60. The molecule has 23 heavy (non-hydrogen) atoms. The maximum Gasteiger partial charge on any atom is 0.417 e. The molecule has 1 aliphatic rings. The molecule has 3 heterocycles. The summed E-state index contributed by atoms with van der Waals surface area (Å²) in [5.41, 5.74) is -0.542. The topological polar surface area (TPSA) is 56.7 Å². The fraction of sp³-hybridized carbons (Fsp3) is 0.286. The number of carbonyl (C=O) groups is 1. The largest absolute Gasteiger partial charge is 0.417 e. The van der Waals surface area contributed by atoms with E-state index in [4.69, 9.17) is 0 Å². The molecule has 0 saturated carbocycles. The van der Waals surface area contributed by atoms with E-state index in [0.29, 0.717) is 5.56 Å². The van der Waals surface area contributed by atoms with Crippen molar-refractivity contribution in [3.05, 3.63) is 34.7 Å². The molecule has 2 aromatic rings. The monoisotopic (exact) mass is 343 g/mol. The standard InChI is InChI=1S/C14H12F3N3O2S/c1-19-6-12(21)20(13(19)22)11-4-10(14(15,16)17)9(5-18-11)8-2-3-23-7-8/h2-5,7,12,21H,6H2,1H3. The van der Waals surface area contributed by atoms with E-state index < -0.39 is 24.0 Å². The number of pyridine rings is 1. The molecular formula is C14H12F3N3O2S. The predicted molar refractivity (Wildman–Crippen MR) is 79.1 cm³/mol. The summed E-state index contributed by atoms with van der Waals surface area (Å²) in [6.45, 7) is 0.00808. The van der Waals surface area contributed by atoms with E-state index in [1.54, 1.807) is 16.8 Å². The number of aromatic nitrogens is 1. The van der Waals surface area contributed by atoms with Gasteiger partial charge in [-0.2, -0.15) is 24.5 Å². The number of aliphatic hydroxyl groups is 1. The lowest BCUT2D eigenvalue weighted by Gasteiger charge is -2.20. The Morgan fingerprint density at radius 1 is 1.43 bits per heavy atom. The molecule has 1 unspecified atom stereocenters. The second-order valence-corrected chi connectivity index (χ2v) is 5.89. The predicted octanol–water partition coefficient (Wildman–Crippen LogP) is 3.02. The zero-order valence-corrected chi connectivity index (χ0v) is 12.7. The number of nitrogens with zero attached hydrogens (tertiary/aromatic N) is 3. The van der Waals surface area contributed by atoms with Crippen molar-refractivity contribution < 1.29 is 23.1 Å². The van der Waals surface area contributed by atoms with Gasteiger partial charge in [-0.1, -0.05) is 0 Å². The Kier molecular flexibility index (Phi) is 3.77. The molecule has 0 aliphatic carbocycles. The van der Waals surface area contributed by atoms with Crippen LogP contribution in [0.1, 0.15) is 5.56 Å². The highest BCUT2D eigenvalue weighted by Gasteiger charge is 2.39. The van der Waals surface area contributed by atoms with Crippen molar-refractivity contribution in [3.63, 3.8) is 0 Å². The number of rotatable bonds is 2. The van der Waals surface area contributed by atoms with Crippen LogP contribution in [0.5, 0.6) is 0 Å². The van der Waals surface area contributed by atoms with Gasteiger partial charge in [0.25, 0.3) is 0 Å². The molecule has 2 amide bonds. The number of urea groups is 1. The summed E-state index contributed by atoms with van der Waals surface area (Å²) in [5, 5.41) is 13.1. The molecule has 0 aromatic carbocycles. The molecule has 1 atom stereocenters. The Bertz CT molecular complexity index is 733. The van der Waals surface area contributed by atoms with Gasteiger partial charge in [0.05, 0.1) is 12.1 Å². The van der Waals surface area contributed by atoms with Crippen LogP contribution in [0.3, 0.4) is 0 Å². The van der Waals surface area contributed by atoms with Crippen LogP contribution in [-0.4, -0.2) is 40.8 Å². The van der Waals surface area contributed by atoms with Crippen molar-refractivity contribution in [1.82, 2.24) is 9.88 Å². The van der Waals surface area contributed by atoms with Gasteiger partial charge in [-0.15, -0.1) is 0 Å².